The van der Waals surface area contributed by atoms with E-state index >= 15 is 0 Å². The van der Waals surface area contributed by atoms with Crippen molar-refractivity contribution in [1.82, 2.24) is 9.88 Å². The zero-order chi connectivity index (χ0) is 13.0. The summed E-state index contributed by atoms with van der Waals surface area (Å²) in [7, 11) is 0. The molecule has 0 aliphatic rings. The molecule has 7 nitrogen and oxygen atoms in total. The average Bonchev–Trinajstić information content (AvgIpc) is 2.61. The zero-order valence-electron chi connectivity index (χ0n) is 9.04. The molecule has 0 aliphatic heterocycles. The molecule has 0 spiro atoms. The summed E-state index contributed by atoms with van der Waals surface area (Å²) in [5, 5.41) is 10.8. The van der Waals surface area contributed by atoms with Crippen LogP contribution in [0, 0.1) is 6.92 Å². The lowest BCUT2D eigenvalue weighted by Crippen LogP contribution is -2.41. The smallest absolute Gasteiger partial charge is 0.323 e. The van der Waals surface area contributed by atoms with Crippen molar-refractivity contribution in [2.24, 2.45) is 5.73 Å². The van der Waals surface area contributed by atoms with E-state index in [-0.39, 0.29) is 5.69 Å². The van der Waals surface area contributed by atoms with Gasteiger partial charge in [0, 0.05) is 5.38 Å². The van der Waals surface area contributed by atoms with Crippen LogP contribution in [-0.4, -0.2) is 45.9 Å². The maximum atomic E-state index is 11.8. The maximum absolute atomic E-state index is 11.8. The van der Waals surface area contributed by atoms with Crippen LogP contribution in [-0.2, 0) is 9.59 Å². The van der Waals surface area contributed by atoms with Crippen molar-refractivity contribution in [1.29, 1.82) is 0 Å². The fraction of sp³-hybridized carbons (Fsp3) is 0.333. The number of aliphatic carboxylic acids is 1. The Kier molecular flexibility index (Phi) is 4.16. The van der Waals surface area contributed by atoms with Gasteiger partial charge in [0.05, 0.1) is 5.01 Å². The lowest BCUT2D eigenvalue weighted by atomic mass is 10.3. The van der Waals surface area contributed by atoms with Gasteiger partial charge >= 0.3 is 5.97 Å². The van der Waals surface area contributed by atoms with Crippen molar-refractivity contribution in [3.63, 3.8) is 0 Å². The van der Waals surface area contributed by atoms with E-state index in [1.807, 2.05) is 0 Å². The first kappa shape index (κ1) is 13.1. The number of hydrogen-bond acceptors (Lipinski definition) is 5. The van der Waals surface area contributed by atoms with Crippen LogP contribution in [0.2, 0.25) is 0 Å². The lowest BCUT2D eigenvalue weighted by molar-refractivity contribution is -0.138. The van der Waals surface area contributed by atoms with Crippen molar-refractivity contribution in [2.45, 2.75) is 6.92 Å². The number of carbonyl (C=O) groups excluding carboxylic acids is 2. The van der Waals surface area contributed by atoms with Crippen molar-refractivity contribution < 1.29 is 19.5 Å². The van der Waals surface area contributed by atoms with Gasteiger partial charge in [-0.1, -0.05) is 0 Å². The first-order chi connectivity index (χ1) is 7.90. The van der Waals surface area contributed by atoms with Crippen LogP contribution in [0.15, 0.2) is 5.38 Å². The normalized spacial score (nSPS) is 9.94. The Hall–Kier alpha value is -1.96. The second-order valence-electron chi connectivity index (χ2n) is 3.27. The second kappa shape index (κ2) is 5.39. The Morgan fingerprint density at radius 2 is 2.12 bits per heavy atom. The van der Waals surface area contributed by atoms with Gasteiger partial charge in [-0.15, -0.1) is 11.3 Å². The van der Waals surface area contributed by atoms with Gasteiger partial charge in [-0.2, -0.15) is 0 Å². The summed E-state index contributed by atoms with van der Waals surface area (Å²) in [5.74, 6) is -2.60. The summed E-state index contributed by atoms with van der Waals surface area (Å²) in [6.07, 6.45) is 0. The number of nitrogens with zero attached hydrogens (tertiary/aromatic N) is 2. The minimum Gasteiger partial charge on any atom is -0.480 e. The fourth-order valence-electron chi connectivity index (χ4n) is 1.17. The van der Waals surface area contributed by atoms with Crippen LogP contribution in [0.5, 0.6) is 0 Å². The molecule has 0 radical (unpaired) electrons. The van der Waals surface area contributed by atoms with Crippen LogP contribution in [0.1, 0.15) is 15.5 Å². The summed E-state index contributed by atoms with van der Waals surface area (Å²) in [4.78, 5) is 37.9. The highest BCUT2D eigenvalue weighted by atomic mass is 32.1. The van der Waals surface area contributed by atoms with E-state index in [1.165, 1.54) is 16.7 Å². The van der Waals surface area contributed by atoms with E-state index in [4.69, 9.17) is 10.8 Å². The van der Waals surface area contributed by atoms with E-state index in [0.29, 0.717) is 5.01 Å². The minimum absolute atomic E-state index is 0.120. The van der Waals surface area contributed by atoms with Gasteiger partial charge in [-0.3, -0.25) is 14.4 Å². The molecule has 0 atom stereocenters. The first-order valence-corrected chi connectivity index (χ1v) is 5.49. The van der Waals surface area contributed by atoms with E-state index in [2.05, 4.69) is 4.98 Å². The van der Waals surface area contributed by atoms with Gasteiger partial charge < -0.3 is 15.7 Å². The number of primary amides is 1. The SMILES string of the molecule is Cc1nc(C(=O)N(CC(N)=O)CC(=O)O)cs1. The lowest BCUT2D eigenvalue weighted by Gasteiger charge is -2.17. The standard InChI is InChI=1S/C9H11N3O4S/c1-5-11-6(4-17-5)9(16)12(2-7(10)13)3-8(14)15/h4H,2-3H2,1H3,(H2,10,13)(H,14,15). The molecular weight excluding hydrogens is 246 g/mol. The molecule has 0 aliphatic carbocycles. The number of nitrogens with two attached hydrogens (primary N) is 1. The number of hydrogen-bond donors (Lipinski definition) is 2. The second-order valence-corrected chi connectivity index (χ2v) is 4.34. The van der Waals surface area contributed by atoms with Crippen molar-refractivity contribution in [2.75, 3.05) is 13.1 Å². The van der Waals surface area contributed by atoms with E-state index in [0.717, 1.165) is 4.90 Å². The molecule has 92 valence electrons. The number of amides is 2. The Labute approximate surface area is 101 Å². The number of carbonyl (C=O) groups is 3. The van der Waals surface area contributed by atoms with Crippen molar-refractivity contribution in [3.05, 3.63) is 16.1 Å². The third kappa shape index (κ3) is 3.83. The average molecular weight is 257 g/mol. The Morgan fingerprint density at radius 1 is 1.47 bits per heavy atom. The zero-order valence-corrected chi connectivity index (χ0v) is 9.86. The van der Waals surface area contributed by atoms with Crippen molar-refractivity contribution >= 4 is 29.1 Å². The van der Waals surface area contributed by atoms with Crippen LogP contribution in [0.4, 0.5) is 0 Å². The molecule has 1 rings (SSSR count). The summed E-state index contributed by atoms with van der Waals surface area (Å²) in [5.41, 5.74) is 5.07. The molecule has 0 aromatic carbocycles. The largest absolute Gasteiger partial charge is 0.480 e. The number of thiazole rings is 1. The van der Waals surface area contributed by atoms with Crippen LogP contribution in [0.25, 0.3) is 0 Å². The topological polar surface area (TPSA) is 114 Å². The van der Waals surface area contributed by atoms with Gasteiger partial charge in [0.1, 0.15) is 18.8 Å². The van der Waals surface area contributed by atoms with Gasteiger partial charge in [0.15, 0.2) is 0 Å². The summed E-state index contributed by atoms with van der Waals surface area (Å²) < 4.78 is 0. The van der Waals surface area contributed by atoms with Crippen LogP contribution >= 0.6 is 11.3 Å². The van der Waals surface area contributed by atoms with Gasteiger partial charge in [0.25, 0.3) is 5.91 Å². The molecule has 0 bridgehead atoms. The number of carboxylic acid groups (broad SMARTS) is 1. The monoisotopic (exact) mass is 257 g/mol. The molecule has 0 unspecified atom stereocenters. The molecule has 1 heterocycles. The molecule has 1 aromatic rings. The number of aryl methyl sites for hydroxylation is 1. The van der Waals surface area contributed by atoms with Crippen LogP contribution in [0.3, 0.4) is 0 Å². The summed E-state index contributed by atoms with van der Waals surface area (Å²) in [6, 6.07) is 0. The number of carboxylic acids is 1. The molecule has 0 saturated carbocycles. The minimum atomic E-state index is -1.22. The van der Waals surface area contributed by atoms with Gasteiger partial charge in [0.2, 0.25) is 5.91 Å². The quantitative estimate of drug-likeness (QED) is 0.735. The van der Waals surface area contributed by atoms with Gasteiger partial charge in [-0.05, 0) is 6.92 Å². The number of aromatic nitrogens is 1. The molecule has 17 heavy (non-hydrogen) atoms. The highest BCUT2D eigenvalue weighted by Gasteiger charge is 2.22. The third-order valence-electron chi connectivity index (χ3n) is 1.80. The molecular formula is C9H11N3O4S. The Balaban J connectivity index is 2.85. The Morgan fingerprint density at radius 3 is 2.53 bits per heavy atom. The molecule has 1 aromatic heterocycles. The molecule has 8 heteroatoms. The third-order valence-corrected chi connectivity index (χ3v) is 2.57. The first-order valence-electron chi connectivity index (χ1n) is 4.61. The summed E-state index contributed by atoms with van der Waals surface area (Å²) in [6.45, 7) is 0.692. The number of rotatable bonds is 5. The highest BCUT2D eigenvalue weighted by Crippen LogP contribution is 2.10. The molecule has 3 N–H and O–H groups in total. The highest BCUT2D eigenvalue weighted by molar-refractivity contribution is 7.09. The van der Waals surface area contributed by atoms with E-state index < -0.39 is 30.9 Å². The van der Waals surface area contributed by atoms with Gasteiger partial charge in [-0.25, -0.2) is 4.98 Å². The fourth-order valence-corrected chi connectivity index (χ4v) is 1.76. The predicted octanol–water partition coefficient (Wildman–Crippen LogP) is -0.536. The predicted molar refractivity (Wildman–Crippen MR) is 59.6 cm³/mol. The molecule has 2 amide bonds. The molecule has 0 fully saturated rings. The van der Waals surface area contributed by atoms with E-state index in [9.17, 15) is 14.4 Å². The Bertz CT molecular complexity index is 441. The van der Waals surface area contributed by atoms with Crippen molar-refractivity contribution in [3.8, 4) is 0 Å². The van der Waals surface area contributed by atoms with E-state index in [1.54, 1.807) is 6.92 Å². The summed E-state index contributed by atoms with van der Waals surface area (Å²) >= 11 is 1.27. The van der Waals surface area contributed by atoms with Crippen LogP contribution < -0.4 is 5.73 Å². The molecule has 0 saturated heterocycles. The maximum Gasteiger partial charge on any atom is 0.323 e.